The lowest BCUT2D eigenvalue weighted by molar-refractivity contribution is 0.270. The summed E-state index contributed by atoms with van der Waals surface area (Å²) in [5.74, 6) is 1.22. The van der Waals surface area contributed by atoms with E-state index in [1.54, 1.807) is 10.9 Å². The highest BCUT2D eigenvalue weighted by Crippen LogP contribution is 2.17. The Morgan fingerprint density at radius 3 is 2.95 bits per heavy atom. The van der Waals surface area contributed by atoms with E-state index in [9.17, 15) is 0 Å². The summed E-state index contributed by atoms with van der Waals surface area (Å²) in [4.78, 5) is 4.47. The van der Waals surface area contributed by atoms with Gasteiger partial charge in [0.2, 0.25) is 0 Å². The minimum atomic E-state index is -0.0230. The number of rotatable bonds is 5. The van der Waals surface area contributed by atoms with Crippen LogP contribution in [0.25, 0.3) is 11.5 Å². The maximum Gasteiger partial charge on any atom is 0.180 e. The van der Waals surface area contributed by atoms with Crippen molar-refractivity contribution in [3.8, 4) is 11.5 Å². The largest absolute Gasteiger partial charge is 0.394 e. The third-order valence-corrected chi connectivity index (χ3v) is 3.16. The van der Waals surface area contributed by atoms with Gasteiger partial charge in [-0.15, -0.1) is 0 Å². The Morgan fingerprint density at radius 1 is 1.33 bits per heavy atom. The summed E-state index contributed by atoms with van der Waals surface area (Å²) in [6, 6.07) is 7.56. The van der Waals surface area contributed by atoms with Crippen LogP contribution in [0.15, 0.2) is 30.5 Å². The number of nitrogens with one attached hydrogen (secondary N) is 1. The number of aliphatic hydroxyl groups is 1. The van der Waals surface area contributed by atoms with Gasteiger partial charge in [0.05, 0.1) is 19.3 Å². The highest BCUT2D eigenvalue weighted by molar-refractivity contribution is 6.30. The monoisotopic (exact) mass is 304 g/mol. The fraction of sp³-hybridized carbons (Fsp3) is 0.231. The third-order valence-electron chi connectivity index (χ3n) is 2.92. The molecule has 21 heavy (non-hydrogen) atoms. The second-order valence-corrected chi connectivity index (χ2v) is 4.90. The summed E-state index contributed by atoms with van der Waals surface area (Å²) in [6.45, 7) is 0.329. The van der Waals surface area contributed by atoms with Crippen LogP contribution < -0.4 is 0 Å². The van der Waals surface area contributed by atoms with Gasteiger partial charge < -0.3 is 5.11 Å². The van der Waals surface area contributed by atoms with Crippen molar-refractivity contribution in [2.75, 3.05) is 6.61 Å². The maximum atomic E-state index is 9.13. The molecular weight excluding hydrogens is 292 g/mol. The molecule has 8 heteroatoms. The number of aromatic nitrogens is 6. The van der Waals surface area contributed by atoms with E-state index in [0.29, 0.717) is 35.3 Å². The van der Waals surface area contributed by atoms with Gasteiger partial charge in [0.1, 0.15) is 5.69 Å². The van der Waals surface area contributed by atoms with Crippen molar-refractivity contribution in [3.05, 3.63) is 46.9 Å². The van der Waals surface area contributed by atoms with Gasteiger partial charge in [0.15, 0.2) is 11.6 Å². The summed E-state index contributed by atoms with van der Waals surface area (Å²) in [7, 11) is 0. The van der Waals surface area contributed by atoms with Crippen LogP contribution in [0.2, 0.25) is 5.02 Å². The van der Waals surface area contributed by atoms with E-state index in [1.807, 2.05) is 24.3 Å². The van der Waals surface area contributed by atoms with Gasteiger partial charge in [-0.3, -0.25) is 0 Å². The first-order valence-electron chi connectivity index (χ1n) is 6.41. The van der Waals surface area contributed by atoms with Crippen LogP contribution in [0.3, 0.4) is 0 Å². The van der Waals surface area contributed by atoms with Gasteiger partial charge in [-0.05, 0) is 17.7 Å². The van der Waals surface area contributed by atoms with Crippen LogP contribution in [0, 0.1) is 0 Å². The topological polar surface area (TPSA) is 92.5 Å². The summed E-state index contributed by atoms with van der Waals surface area (Å²) in [5.41, 5.74) is 1.61. The second-order valence-electron chi connectivity index (χ2n) is 4.46. The van der Waals surface area contributed by atoms with E-state index < -0.39 is 0 Å². The van der Waals surface area contributed by atoms with Gasteiger partial charge in [-0.2, -0.15) is 20.5 Å². The van der Waals surface area contributed by atoms with E-state index in [1.165, 1.54) is 0 Å². The highest BCUT2D eigenvalue weighted by Gasteiger charge is 2.14. The highest BCUT2D eigenvalue weighted by atomic mass is 35.5. The average molecular weight is 305 g/mol. The molecule has 0 aliphatic rings. The molecule has 0 atom stereocenters. The SMILES string of the molecule is OCCn1nc(Cc2cccc(Cl)c2)nc1-c1cn[nH]n1. The molecule has 0 bridgehead atoms. The lowest BCUT2D eigenvalue weighted by Gasteiger charge is -1.99. The summed E-state index contributed by atoms with van der Waals surface area (Å²) >= 11 is 5.98. The van der Waals surface area contributed by atoms with Crippen LogP contribution in [-0.2, 0) is 13.0 Å². The molecule has 2 heterocycles. The van der Waals surface area contributed by atoms with Crippen molar-refractivity contribution in [2.45, 2.75) is 13.0 Å². The average Bonchev–Trinajstić information content (AvgIpc) is 3.09. The Labute approximate surface area is 125 Å². The predicted molar refractivity (Wildman–Crippen MR) is 76.7 cm³/mol. The Morgan fingerprint density at radius 2 is 2.24 bits per heavy atom. The van der Waals surface area contributed by atoms with Gasteiger partial charge in [-0.25, -0.2) is 9.67 Å². The van der Waals surface area contributed by atoms with Gasteiger partial charge in [0.25, 0.3) is 0 Å². The molecule has 0 unspecified atom stereocenters. The molecule has 2 N–H and O–H groups in total. The fourth-order valence-electron chi connectivity index (χ4n) is 2.04. The summed E-state index contributed by atoms with van der Waals surface area (Å²) in [6.07, 6.45) is 2.13. The molecule has 0 aliphatic carbocycles. The van der Waals surface area contributed by atoms with Gasteiger partial charge in [-0.1, -0.05) is 23.7 Å². The molecule has 0 saturated heterocycles. The number of aliphatic hydroxyl groups excluding tert-OH is 1. The van der Waals surface area contributed by atoms with Crippen LogP contribution >= 0.6 is 11.6 Å². The number of benzene rings is 1. The molecule has 0 fully saturated rings. The normalized spacial score (nSPS) is 11.0. The van der Waals surface area contributed by atoms with Crippen molar-refractivity contribution in [2.24, 2.45) is 0 Å². The molecule has 2 aromatic heterocycles. The van der Waals surface area contributed by atoms with Crippen LogP contribution in [-0.4, -0.2) is 41.9 Å². The van der Waals surface area contributed by atoms with Crippen LogP contribution in [0.4, 0.5) is 0 Å². The third kappa shape index (κ3) is 3.09. The Hall–Kier alpha value is -2.25. The van der Waals surface area contributed by atoms with Crippen molar-refractivity contribution in [3.63, 3.8) is 0 Å². The summed E-state index contributed by atoms with van der Waals surface area (Å²) < 4.78 is 1.62. The lowest BCUT2D eigenvalue weighted by Crippen LogP contribution is -2.06. The zero-order valence-electron chi connectivity index (χ0n) is 11.1. The first-order valence-corrected chi connectivity index (χ1v) is 6.79. The first kappa shape index (κ1) is 13.7. The van der Waals surface area contributed by atoms with E-state index in [4.69, 9.17) is 16.7 Å². The predicted octanol–water partition coefficient (Wildman–Crippen LogP) is 1.30. The van der Waals surface area contributed by atoms with Crippen molar-refractivity contribution < 1.29 is 5.11 Å². The van der Waals surface area contributed by atoms with E-state index in [-0.39, 0.29) is 6.61 Å². The Balaban J connectivity index is 1.91. The minimum absolute atomic E-state index is 0.0230. The fourth-order valence-corrected chi connectivity index (χ4v) is 2.26. The molecule has 1 aromatic carbocycles. The van der Waals surface area contributed by atoms with Crippen molar-refractivity contribution in [1.82, 2.24) is 30.2 Å². The molecule has 3 rings (SSSR count). The zero-order valence-corrected chi connectivity index (χ0v) is 11.8. The molecule has 0 radical (unpaired) electrons. The van der Waals surface area contributed by atoms with Gasteiger partial charge >= 0.3 is 0 Å². The number of hydrogen-bond acceptors (Lipinski definition) is 5. The smallest absolute Gasteiger partial charge is 0.180 e. The zero-order chi connectivity index (χ0) is 14.7. The first-order chi connectivity index (χ1) is 10.3. The number of H-pyrrole nitrogens is 1. The van der Waals surface area contributed by atoms with E-state index >= 15 is 0 Å². The van der Waals surface area contributed by atoms with E-state index in [2.05, 4.69) is 25.5 Å². The summed E-state index contributed by atoms with van der Waals surface area (Å²) in [5, 5.41) is 24.5. The molecule has 0 spiro atoms. The Bertz CT molecular complexity index is 724. The number of aromatic amines is 1. The standard InChI is InChI=1S/C13H13ClN6O/c14-10-3-1-2-9(6-10)7-12-16-13(11-8-15-19-17-11)20(18-12)4-5-21/h1-3,6,8,21H,4-5,7H2,(H,15,17,19). The minimum Gasteiger partial charge on any atom is -0.394 e. The molecule has 7 nitrogen and oxygen atoms in total. The van der Waals surface area contributed by atoms with Gasteiger partial charge in [0, 0.05) is 11.4 Å². The second kappa shape index (κ2) is 6.02. The molecule has 3 aromatic rings. The lowest BCUT2D eigenvalue weighted by atomic mass is 10.1. The molecule has 0 aliphatic heterocycles. The number of halogens is 1. The molecular formula is C13H13ClN6O. The van der Waals surface area contributed by atoms with Crippen molar-refractivity contribution in [1.29, 1.82) is 0 Å². The number of hydrogen-bond donors (Lipinski definition) is 2. The molecule has 108 valence electrons. The molecule has 0 saturated carbocycles. The van der Waals surface area contributed by atoms with Crippen molar-refractivity contribution >= 4 is 11.6 Å². The van der Waals surface area contributed by atoms with Crippen LogP contribution in [0.5, 0.6) is 0 Å². The Kier molecular flexibility index (Phi) is 3.94. The molecule has 0 amide bonds. The van der Waals surface area contributed by atoms with Crippen LogP contribution in [0.1, 0.15) is 11.4 Å². The number of nitrogens with zero attached hydrogens (tertiary/aromatic N) is 5. The van der Waals surface area contributed by atoms with E-state index in [0.717, 1.165) is 5.56 Å². The quantitative estimate of drug-likeness (QED) is 0.741. The maximum absolute atomic E-state index is 9.13.